The molecule has 4 nitrogen and oxygen atoms in total. The molecule has 0 radical (unpaired) electrons. The molecule has 0 saturated carbocycles. The summed E-state index contributed by atoms with van der Waals surface area (Å²) in [5.74, 6) is 0.717. The lowest BCUT2D eigenvalue weighted by molar-refractivity contribution is -0.123. The van der Waals surface area contributed by atoms with Gasteiger partial charge in [-0.1, -0.05) is 6.07 Å². The van der Waals surface area contributed by atoms with Crippen LogP contribution in [0.1, 0.15) is 0 Å². The number of nitrogens with zero attached hydrogens (tertiary/aromatic N) is 1. The Kier molecular flexibility index (Phi) is 2.13. The molecule has 0 bridgehead atoms. The predicted molar refractivity (Wildman–Crippen MR) is 53.3 cm³/mol. The standard InChI is InChI=1S/C10H12N2O2/c1-14-8-4-2-3-7(5-8)12-6-9(11)10(12)13/h2-5,9H,6,11H2,1H3. The van der Waals surface area contributed by atoms with E-state index >= 15 is 0 Å². The lowest BCUT2D eigenvalue weighted by Gasteiger charge is -2.36. The van der Waals surface area contributed by atoms with E-state index in [4.69, 9.17) is 10.5 Å². The summed E-state index contributed by atoms with van der Waals surface area (Å²) in [4.78, 5) is 13.0. The number of ether oxygens (including phenoxy) is 1. The SMILES string of the molecule is COc1cccc(N2CC(N)C2=O)c1. The van der Waals surface area contributed by atoms with E-state index in [1.165, 1.54) is 0 Å². The van der Waals surface area contributed by atoms with Crippen molar-refractivity contribution in [1.82, 2.24) is 0 Å². The Morgan fingerprint density at radius 1 is 1.57 bits per heavy atom. The number of carbonyl (C=O) groups excluding carboxylic acids is 1. The second-order valence-electron chi connectivity index (χ2n) is 3.26. The summed E-state index contributed by atoms with van der Waals surface area (Å²) in [6.07, 6.45) is 0. The molecule has 1 heterocycles. The van der Waals surface area contributed by atoms with Gasteiger partial charge in [0.25, 0.3) is 0 Å². The van der Waals surface area contributed by atoms with E-state index in [-0.39, 0.29) is 11.9 Å². The molecule has 1 aliphatic heterocycles. The summed E-state index contributed by atoms with van der Waals surface area (Å²) < 4.78 is 5.07. The normalized spacial score (nSPS) is 20.6. The molecule has 1 amide bonds. The van der Waals surface area contributed by atoms with Crippen LogP contribution >= 0.6 is 0 Å². The van der Waals surface area contributed by atoms with Crippen molar-refractivity contribution < 1.29 is 9.53 Å². The molecular weight excluding hydrogens is 180 g/mol. The van der Waals surface area contributed by atoms with E-state index in [2.05, 4.69) is 0 Å². The number of β-lactam (4-membered cyclic amide) rings is 1. The van der Waals surface area contributed by atoms with Crippen molar-refractivity contribution >= 4 is 11.6 Å². The summed E-state index contributed by atoms with van der Waals surface area (Å²) in [6.45, 7) is 0.589. The summed E-state index contributed by atoms with van der Waals surface area (Å²) in [5, 5.41) is 0. The van der Waals surface area contributed by atoms with Crippen molar-refractivity contribution in [2.75, 3.05) is 18.6 Å². The highest BCUT2D eigenvalue weighted by Crippen LogP contribution is 2.25. The van der Waals surface area contributed by atoms with Crippen molar-refractivity contribution in [3.05, 3.63) is 24.3 Å². The predicted octanol–water partition coefficient (Wildman–Crippen LogP) is 0.369. The fourth-order valence-electron chi connectivity index (χ4n) is 1.46. The van der Waals surface area contributed by atoms with Crippen LogP contribution in [0.15, 0.2) is 24.3 Å². The maximum absolute atomic E-state index is 11.3. The number of hydrogen-bond donors (Lipinski definition) is 1. The summed E-state index contributed by atoms with van der Waals surface area (Å²) in [5.41, 5.74) is 6.34. The minimum Gasteiger partial charge on any atom is -0.497 e. The summed E-state index contributed by atoms with van der Waals surface area (Å²) in [7, 11) is 1.60. The van der Waals surface area contributed by atoms with Crippen molar-refractivity contribution in [3.63, 3.8) is 0 Å². The average Bonchev–Trinajstić information content (AvgIpc) is 2.25. The molecule has 14 heavy (non-hydrogen) atoms. The van der Waals surface area contributed by atoms with Gasteiger partial charge in [-0.3, -0.25) is 4.79 Å². The third-order valence-corrected chi connectivity index (χ3v) is 2.33. The number of methoxy groups -OCH3 is 1. The molecule has 1 aromatic rings. The maximum atomic E-state index is 11.3. The first-order chi connectivity index (χ1) is 6.72. The zero-order valence-corrected chi connectivity index (χ0v) is 7.93. The Morgan fingerprint density at radius 2 is 2.36 bits per heavy atom. The molecule has 4 heteroatoms. The van der Waals surface area contributed by atoms with Gasteiger partial charge in [0.1, 0.15) is 11.8 Å². The molecule has 1 fully saturated rings. The molecule has 1 aromatic carbocycles. The molecule has 0 aliphatic carbocycles. The van der Waals surface area contributed by atoms with Crippen LogP contribution in [-0.4, -0.2) is 25.6 Å². The number of anilines is 1. The van der Waals surface area contributed by atoms with Crippen LogP contribution in [-0.2, 0) is 4.79 Å². The van der Waals surface area contributed by atoms with E-state index < -0.39 is 0 Å². The number of hydrogen-bond acceptors (Lipinski definition) is 3. The number of amides is 1. The van der Waals surface area contributed by atoms with Crippen LogP contribution in [0.25, 0.3) is 0 Å². The topological polar surface area (TPSA) is 55.6 Å². The van der Waals surface area contributed by atoms with E-state index in [1.54, 1.807) is 12.0 Å². The fourth-order valence-corrected chi connectivity index (χ4v) is 1.46. The van der Waals surface area contributed by atoms with Crippen molar-refractivity contribution in [2.45, 2.75) is 6.04 Å². The molecule has 1 unspecified atom stereocenters. The van der Waals surface area contributed by atoms with Crippen LogP contribution < -0.4 is 15.4 Å². The Hall–Kier alpha value is -1.55. The third-order valence-electron chi connectivity index (χ3n) is 2.33. The van der Waals surface area contributed by atoms with Crippen LogP contribution in [0.5, 0.6) is 5.75 Å². The van der Waals surface area contributed by atoms with Crippen molar-refractivity contribution in [3.8, 4) is 5.75 Å². The van der Waals surface area contributed by atoms with Crippen LogP contribution in [0.2, 0.25) is 0 Å². The highest BCUT2D eigenvalue weighted by atomic mass is 16.5. The minimum atomic E-state index is -0.332. The summed E-state index contributed by atoms with van der Waals surface area (Å²) in [6, 6.07) is 7.05. The van der Waals surface area contributed by atoms with E-state index in [1.807, 2.05) is 24.3 Å². The fraction of sp³-hybridized carbons (Fsp3) is 0.300. The van der Waals surface area contributed by atoms with Gasteiger partial charge in [0.15, 0.2) is 0 Å². The van der Waals surface area contributed by atoms with Gasteiger partial charge >= 0.3 is 0 Å². The second-order valence-corrected chi connectivity index (χ2v) is 3.26. The quantitative estimate of drug-likeness (QED) is 0.689. The van der Waals surface area contributed by atoms with E-state index in [0.717, 1.165) is 11.4 Å². The lowest BCUT2D eigenvalue weighted by atomic mass is 10.1. The lowest BCUT2D eigenvalue weighted by Crippen LogP contribution is -2.61. The molecule has 1 aliphatic rings. The molecule has 74 valence electrons. The highest BCUT2D eigenvalue weighted by Gasteiger charge is 2.34. The molecule has 2 rings (SSSR count). The summed E-state index contributed by atoms with van der Waals surface area (Å²) >= 11 is 0. The minimum absolute atomic E-state index is 0.0294. The van der Waals surface area contributed by atoms with Gasteiger partial charge in [-0.15, -0.1) is 0 Å². The van der Waals surface area contributed by atoms with Gasteiger partial charge in [-0.25, -0.2) is 0 Å². The molecule has 2 N–H and O–H groups in total. The molecule has 1 saturated heterocycles. The number of carbonyl (C=O) groups is 1. The first kappa shape index (κ1) is 9.02. The van der Waals surface area contributed by atoms with Crippen molar-refractivity contribution in [1.29, 1.82) is 0 Å². The molecule has 0 aromatic heterocycles. The number of rotatable bonds is 2. The first-order valence-electron chi connectivity index (χ1n) is 4.43. The zero-order valence-electron chi connectivity index (χ0n) is 7.93. The van der Waals surface area contributed by atoms with Crippen LogP contribution in [0.3, 0.4) is 0 Å². The molecular formula is C10H12N2O2. The van der Waals surface area contributed by atoms with Crippen LogP contribution in [0.4, 0.5) is 5.69 Å². The van der Waals surface area contributed by atoms with Gasteiger partial charge in [-0.05, 0) is 12.1 Å². The third kappa shape index (κ3) is 1.33. The van der Waals surface area contributed by atoms with E-state index in [0.29, 0.717) is 6.54 Å². The Labute approximate surface area is 82.3 Å². The second kappa shape index (κ2) is 3.31. The van der Waals surface area contributed by atoms with E-state index in [9.17, 15) is 4.79 Å². The Balaban J connectivity index is 2.21. The van der Waals surface area contributed by atoms with Gasteiger partial charge in [0, 0.05) is 11.8 Å². The Bertz CT molecular complexity index is 365. The highest BCUT2D eigenvalue weighted by molar-refractivity contribution is 6.03. The largest absolute Gasteiger partial charge is 0.497 e. The van der Waals surface area contributed by atoms with Gasteiger partial charge < -0.3 is 15.4 Å². The number of benzene rings is 1. The average molecular weight is 192 g/mol. The zero-order chi connectivity index (χ0) is 10.1. The maximum Gasteiger partial charge on any atom is 0.245 e. The molecule has 0 spiro atoms. The first-order valence-corrected chi connectivity index (χ1v) is 4.43. The monoisotopic (exact) mass is 192 g/mol. The van der Waals surface area contributed by atoms with Gasteiger partial charge in [0.2, 0.25) is 5.91 Å². The number of nitrogens with two attached hydrogens (primary N) is 1. The van der Waals surface area contributed by atoms with Gasteiger partial charge in [-0.2, -0.15) is 0 Å². The van der Waals surface area contributed by atoms with Gasteiger partial charge in [0.05, 0.1) is 13.7 Å². The van der Waals surface area contributed by atoms with Crippen LogP contribution in [0, 0.1) is 0 Å². The smallest absolute Gasteiger partial charge is 0.245 e. The molecule has 1 atom stereocenters. The Morgan fingerprint density at radius 3 is 2.93 bits per heavy atom. The van der Waals surface area contributed by atoms with Crippen molar-refractivity contribution in [2.24, 2.45) is 5.73 Å².